The predicted molar refractivity (Wildman–Crippen MR) is 87.2 cm³/mol. The van der Waals surface area contributed by atoms with Crippen LogP contribution in [-0.4, -0.2) is 29.0 Å². The van der Waals surface area contributed by atoms with Crippen molar-refractivity contribution in [2.24, 2.45) is 0 Å². The Kier molecular flexibility index (Phi) is 6.38. The van der Waals surface area contributed by atoms with Crippen molar-refractivity contribution in [3.8, 4) is 0 Å². The number of hydrogen-bond donors (Lipinski definition) is 0. The van der Waals surface area contributed by atoms with Crippen molar-refractivity contribution in [2.75, 3.05) is 19.7 Å². The average molecular weight is 296 g/mol. The molecule has 2 aliphatic rings. The molecule has 0 unspecified atom stereocenters. The molecule has 114 valence electrons. The fourth-order valence-corrected chi connectivity index (χ4v) is 4.85. The summed E-state index contributed by atoms with van der Waals surface area (Å²) in [5.41, 5.74) is 2.89. The zero-order chi connectivity index (χ0) is 14.4. The van der Waals surface area contributed by atoms with Crippen LogP contribution in [0, 0.1) is 0 Å². The van der Waals surface area contributed by atoms with Crippen LogP contribution in [0.4, 0.5) is 0 Å². The van der Waals surface area contributed by atoms with E-state index in [-0.39, 0.29) is 0 Å². The van der Waals surface area contributed by atoms with E-state index in [1.54, 1.807) is 0 Å². The third-order valence-electron chi connectivity index (χ3n) is 3.77. The molecule has 0 aromatic rings. The highest BCUT2D eigenvalue weighted by Gasteiger charge is 2.40. The van der Waals surface area contributed by atoms with Crippen LogP contribution in [0.1, 0.15) is 59.3 Å². The lowest BCUT2D eigenvalue weighted by Crippen LogP contribution is -2.18. The van der Waals surface area contributed by atoms with E-state index in [0.29, 0.717) is 0 Å². The SMILES string of the molecule is CCCCN1C2=CCCC=C2N(CCCC)P1OCC. The Bertz CT molecular complexity index is 335. The van der Waals surface area contributed by atoms with Gasteiger partial charge in [0.2, 0.25) is 8.45 Å². The molecule has 0 N–H and O–H groups in total. The van der Waals surface area contributed by atoms with Gasteiger partial charge in [0.15, 0.2) is 0 Å². The summed E-state index contributed by atoms with van der Waals surface area (Å²) in [5.74, 6) is 0. The van der Waals surface area contributed by atoms with Gasteiger partial charge in [-0.2, -0.15) is 0 Å². The van der Waals surface area contributed by atoms with Crippen molar-refractivity contribution in [2.45, 2.75) is 59.3 Å². The van der Waals surface area contributed by atoms with E-state index in [1.807, 2.05) is 0 Å². The first kappa shape index (κ1) is 15.9. The first-order chi connectivity index (χ1) is 9.83. The standard InChI is InChI=1S/C16H29N2OP/c1-4-7-13-17-15-11-9-10-12-16(15)18(14-8-5-2)20(17)19-6-3/h11-12H,4-10,13-14H2,1-3H3. The normalized spacial score (nSPS) is 19.1. The number of rotatable bonds is 8. The summed E-state index contributed by atoms with van der Waals surface area (Å²) < 4.78 is 11.2. The number of hydrogen-bond acceptors (Lipinski definition) is 3. The molecule has 0 spiro atoms. The number of nitrogens with zero attached hydrogens (tertiary/aromatic N) is 2. The first-order valence-corrected chi connectivity index (χ1v) is 9.38. The average Bonchev–Trinajstić information content (AvgIpc) is 2.77. The Morgan fingerprint density at radius 2 is 1.45 bits per heavy atom. The molecule has 1 saturated heterocycles. The van der Waals surface area contributed by atoms with Crippen LogP contribution in [0.5, 0.6) is 0 Å². The maximum atomic E-state index is 6.15. The van der Waals surface area contributed by atoms with Crippen molar-refractivity contribution >= 4 is 8.45 Å². The van der Waals surface area contributed by atoms with E-state index in [1.165, 1.54) is 49.9 Å². The molecule has 1 aliphatic carbocycles. The van der Waals surface area contributed by atoms with Crippen molar-refractivity contribution in [1.29, 1.82) is 0 Å². The summed E-state index contributed by atoms with van der Waals surface area (Å²) in [5, 5.41) is 0. The van der Waals surface area contributed by atoms with Crippen LogP contribution < -0.4 is 0 Å². The van der Waals surface area contributed by atoms with E-state index in [9.17, 15) is 0 Å². The molecule has 0 aromatic heterocycles. The van der Waals surface area contributed by atoms with Crippen molar-refractivity contribution in [3.63, 3.8) is 0 Å². The maximum absolute atomic E-state index is 6.15. The van der Waals surface area contributed by atoms with Crippen LogP contribution >= 0.6 is 8.45 Å². The second kappa shape index (κ2) is 8.05. The van der Waals surface area contributed by atoms with E-state index in [2.05, 4.69) is 42.3 Å². The molecule has 0 amide bonds. The molecule has 1 heterocycles. The third kappa shape index (κ3) is 3.38. The highest BCUT2D eigenvalue weighted by atomic mass is 31.2. The van der Waals surface area contributed by atoms with Gasteiger partial charge in [0.05, 0.1) is 18.0 Å². The number of fused-ring (bicyclic) bond motifs is 1. The second-order valence-corrected chi connectivity index (χ2v) is 7.11. The first-order valence-electron chi connectivity index (χ1n) is 8.22. The van der Waals surface area contributed by atoms with Crippen LogP contribution in [-0.2, 0) is 4.52 Å². The highest BCUT2D eigenvalue weighted by molar-refractivity contribution is 7.48. The minimum atomic E-state index is -0.615. The largest absolute Gasteiger partial charge is 0.323 e. The summed E-state index contributed by atoms with van der Waals surface area (Å²) >= 11 is 0. The molecule has 4 heteroatoms. The molecule has 0 atom stereocenters. The fourth-order valence-electron chi connectivity index (χ4n) is 2.72. The molecule has 1 fully saturated rings. The van der Waals surface area contributed by atoms with Gasteiger partial charge in [-0.1, -0.05) is 38.8 Å². The molecule has 2 rings (SSSR count). The Morgan fingerprint density at radius 3 is 1.85 bits per heavy atom. The van der Waals surface area contributed by atoms with Crippen LogP contribution in [0.25, 0.3) is 0 Å². The molecule has 3 nitrogen and oxygen atoms in total. The molecule has 0 bridgehead atoms. The molecule has 20 heavy (non-hydrogen) atoms. The van der Waals surface area contributed by atoms with Gasteiger partial charge in [-0.05, 0) is 32.6 Å². The third-order valence-corrected chi connectivity index (χ3v) is 5.91. The molecular formula is C16H29N2OP. The molecule has 0 aromatic carbocycles. The zero-order valence-corrected chi connectivity index (χ0v) is 14.2. The topological polar surface area (TPSA) is 15.7 Å². The van der Waals surface area contributed by atoms with Gasteiger partial charge in [-0.15, -0.1) is 0 Å². The minimum absolute atomic E-state index is 0.615. The van der Waals surface area contributed by atoms with Gasteiger partial charge in [0, 0.05) is 13.1 Å². The molecule has 0 radical (unpaired) electrons. The lowest BCUT2D eigenvalue weighted by atomic mass is 10.1. The molecule has 1 aliphatic heterocycles. The quantitative estimate of drug-likeness (QED) is 0.584. The van der Waals surface area contributed by atoms with Gasteiger partial charge in [0.1, 0.15) is 0 Å². The highest BCUT2D eigenvalue weighted by Crippen LogP contribution is 2.59. The Labute approximate surface area is 125 Å². The summed E-state index contributed by atoms with van der Waals surface area (Å²) in [7, 11) is -0.615. The van der Waals surface area contributed by atoms with E-state index in [0.717, 1.165) is 19.7 Å². The number of unbranched alkanes of at least 4 members (excludes halogenated alkanes) is 2. The Morgan fingerprint density at radius 1 is 0.950 bits per heavy atom. The Hall–Kier alpha value is -0.530. The van der Waals surface area contributed by atoms with E-state index < -0.39 is 8.45 Å². The summed E-state index contributed by atoms with van der Waals surface area (Å²) in [6, 6.07) is 0. The Balaban J connectivity index is 2.20. The van der Waals surface area contributed by atoms with Crippen molar-refractivity contribution in [1.82, 2.24) is 9.34 Å². The number of allylic oxidation sites excluding steroid dienone is 2. The summed E-state index contributed by atoms with van der Waals surface area (Å²) in [6.07, 6.45) is 12.2. The van der Waals surface area contributed by atoms with Gasteiger partial charge in [-0.3, -0.25) is 0 Å². The zero-order valence-electron chi connectivity index (χ0n) is 13.3. The van der Waals surface area contributed by atoms with Crippen LogP contribution in [0.3, 0.4) is 0 Å². The predicted octanol–water partition coefficient (Wildman–Crippen LogP) is 5.03. The summed E-state index contributed by atoms with van der Waals surface area (Å²) in [4.78, 5) is 0. The minimum Gasteiger partial charge on any atom is -0.323 e. The maximum Gasteiger partial charge on any atom is 0.248 e. The van der Waals surface area contributed by atoms with Gasteiger partial charge >= 0.3 is 0 Å². The van der Waals surface area contributed by atoms with Gasteiger partial charge in [-0.25, -0.2) is 0 Å². The molecular weight excluding hydrogens is 267 g/mol. The monoisotopic (exact) mass is 296 g/mol. The van der Waals surface area contributed by atoms with E-state index >= 15 is 0 Å². The fraction of sp³-hybridized carbons (Fsp3) is 0.750. The van der Waals surface area contributed by atoms with Crippen molar-refractivity contribution < 1.29 is 4.52 Å². The van der Waals surface area contributed by atoms with Crippen LogP contribution in [0.2, 0.25) is 0 Å². The second-order valence-electron chi connectivity index (χ2n) is 5.38. The smallest absolute Gasteiger partial charge is 0.248 e. The van der Waals surface area contributed by atoms with Gasteiger partial charge in [0.25, 0.3) is 0 Å². The molecule has 0 saturated carbocycles. The van der Waals surface area contributed by atoms with Crippen molar-refractivity contribution in [3.05, 3.63) is 23.5 Å². The lowest BCUT2D eigenvalue weighted by Gasteiger charge is -2.29. The van der Waals surface area contributed by atoms with Gasteiger partial charge < -0.3 is 13.9 Å². The summed E-state index contributed by atoms with van der Waals surface area (Å²) in [6.45, 7) is 9.71. The lowest BCUT2D eigenvalue weighted by molar-refractivity contribution is 0.319. The van der Waals surface area contributed by atoms with E-state index in [4.69, 9.17) is 4.52 Å². The van der Waals surface area contributed by atoms with Crippen LogP contribution in [0.15, 0.2) is 23.5 Å².